The van der Waals surface area contributed by atoms with Gasteiger partial charge < -0.3 is 15.4 Å². The van der Waals surface area contributed by atoms with Gasteiger partial charge >= 0.3 is 0 Å². The average Bonchev–Trinajstić information content (AvgIpc) is 2.94. The van der Waals surface area contributed by atoms with Gasteiger partial charge in [0.1, 0.15) is 11.8 Å². The number of imidazole rings is 1. The van der Waals surface area contributed by atoms with E-state index in [1.54, 1.807) is 6.33 Å². The third-order valence-corrected chi connectivity index (χ3v) is 3.55. The van der Waals surface area contributed by atoms with Crippen LogP contribution in [0.4, 0.5) is 5.82 Å². The topological polar surface area (TPSA) is 89.9 Å². The summed E-state index contributed by atoms with van der Waals surface area (Å²) in [5.74, 6) is 0.821. The summed E-state index contributed by atoms with van der Waals surface area (Å²) in [4.78, 5) is 12.4. The summed E-state index contributed by atoms with van der Waals surface area (Å²) in [5.41, 5.74) is 7.21. The van der Waals surface area contributed by atoms with Gasteiger partial charge in [0.2, 0.25) is 0 Å². The van der Waals surface area contributed by atoms with Crippen LogP contribution in [0, 0.1) is 5.92 Å². The monoisotopic (exact) mass is 233 g/mol. The van der Waals surface area contributed by atoms with Crippen molar-refractivity contribution in [3.8, 4) is 0 Å². The van der Waals surface area contributed by atoms with Gasteiger partial charge in [-0.1, -0.05) is 0 Å². The molecule has 2 atom stereocenters. The van der Waals surface area contributed by atoms with Crippen LogP contribution in [0.5, 0.6) is 0 Å². The van der Waals surface area contributed by atoms with E-state index >= 15 is 0 Å². The van der Waals surface area contributed by atoms with Crippen LogP contribution in [-0.4, -0.2) is 31.2 Å². The molecule has 6 heteroatoms. The molecule has 90 valence electrons. The number of fused-ring (bicyclic) bond motifs is 1. The number of rotatable bonds is 2. The molecule has 0 amide bonds. The minimum atomic E-state index is 0.264. The van der Waals surface area contributed by atoms with Crippen molar-refractivity contribution in [2.45, 2.75) is 25.3 Å². The van der Waals surface area contributed by atoms with Gasteiger partial charge in [-0.2, -0.15) is 0 Å². The van der Waals surface area contributed by atoms with E-state index in [0.29, 0.717) is 23.3 Å². The molecule has 0 unspecified atom stereocenters. The van der Waals surface area contributed by atoms with E-state index in [1.807, 2.05) is 0 Å². The first kappa shape index (κ1) is 10.5. The molecule has 0 saturated heterocycles. The highest BCUT2D eigenvalue weighted by atomic mass is 16.3. The summed E-state index contributed by atoms with van der Waals surface area (Å²) in [6.45, 7) is 0.264. The fourth-order valence-corrected chi connectivity index (χ4v) is 2.60. The van der Waals surface area contributed by atoms with Gasteiger partial charge in [0.25, 0.3) is 0 Å². The Hall–Kier alpha value is -1.69. The Labute approximate surface area is 98.5 Å². The van der Waals surface area contributed by atoms with Gasteiger partial charge in [-0.05, 0) is 25.2 Å². The average molecular weight is 233 g/mol. The third kappa shape index (κ3) is 1.64. The van der Waals surface area contributed by atoms with E-state index in [9.17, 15) is 0 Å². The SMILES string of the molecule is Nc1ncnc2c1ncn2[C@H]1CC[C@H](CO)C1. The second kappa shape index (κ2) is 3.96. The van der Waals surface area contributed by atoms with Crippen LogP contribution in [0.1, 0.15) is 25.3 Å². The summed E-state index contributed by atoms with van der Waals surface area (Å²) in [7, 11) is 0. The van der Waals surface area contributed by atoms with Gasteiger partial charge in [0.15, 0.2) is 11.5 Å². The van der Waals surface area contributed by atoms with Gasteiger partial charge in [0, 0.05) is 12.6 Å². The molecule has 2 aromatic heterocycles. The lowest BCUT2D eigenvalue weighted by atomic mass is 10.1. The van der Waals surface area contributed by atoms with E-state index in [-0.39, 0.29) is 6.61 Å². The molecule has 6 nitrogen and oxygen atoms in total. The molecule has 3 N–H and O–H groups in total. The first-order chi connectivity index (χ1) is 8.29. The zero-order valence-electron chi connectivity index (χ0n) is 9.45. The van der Waals surface area contributed by atoms with Gasteiger partial charge in [-0.15, -0.1) is 0 Å². The van der Waals surface area contributed by atoms with E-state index in [2.05, 4.69) is 19.5 Å². The third-order valence-electron chi connectivity index (χ3n) is 3.55. The lowest BCUT2D eigenvalue weighted by Crippen LogP contribution is -2.07. The number of hydrogen-bond acceptors (Lipinski definition) is 5. The first-order valence-corrected chi connectivity index (χ1v) is 5.83. The molecule has 0 bridgehead atoms. The number of aliphatic hydroxyl groups excluding tert-OH is 1. The van der Waals surface area contributed by atoms with Crippen LogP contribution in [0.25, 0.3) is 11.2 Å². The van der Waals surface area contributed by atoms with Crippen LogP contribution in [-0.2, 0) is 0 Å². The highest BCUT2D eigenvalue weighted by molar-refractivity contribution is 5.81. The highest BCUT2D eigenvalue weighted by Gasteiger charge is 2.26. The number of anilines is 1. The Bertz CT molecular complexity index is 538. The minimum Gasteiger partial charge on any atom is -0.396 e. The van der Waals surface area contributed by atoms with Gasteiger partial charge in [-0.25, -0.2) is 15.0 Å². The second-order valence-electron chi connectivity index (χ2n) is 4.60. The van der Waals surface area contributed by atoms with Crippen LogP contribution >= 0.6 is 0 Å². The molecule has 0 radical (unpaired) electrons. The van der Waals surface area contributed by atoms with Gasteiger partial charge in [0.05, 0.1) is 6.33 Å². The Kier molecular flexibility index (Phi) is 2.44. The fraction of sp³-hybridized carbons (Fsp3) is 0.545. The largest absolute Gasteiger partial charge is 0.396 e. The number of aromatic nitrogens is 4. The van der Waals surface area contributed by atoms with Crippen molar-refractivity contribution in [2.24, 2.45) is 5.92 Å². The minimum absolute atomic E-state index is 0.264. The predicted molar refractivity (Wildman–Crippen MR) is 63.2 cm³/mol. The van der Waals surface area contributed by atoms with Crippen LogP contribution in [0.2, 0.25) is 0 Å². The molecule has 3 rings (SSSR count). The first-order valence-electron chi connectivity index (χ1n) is 5.83. The lowest BCUT2D eigenvalue weighted by Gasteiger charge is -2.12. The zero-order valence-corrected chi connectivity index (χ0v) is 9.45. The Morgan fingerprint density at radius 2 is 2.24 bits per heavy atom. The Morgan fingerprint density at radius 1 is 1.35 bits per heavy atom. The number of hydrogen-bond donors (Lipinski definition) is 2. The maximum absolute atomic E-state index is 9.17. The summed E-state index contributed by atoms with van der Waals surface area (Å²) in [5, 5.41) is 9.17. The smallest absolute Gasteiger partial charge is 0.165 e. The van der Waals surface area contributed by atoms with Crippen molar-refractivity contribution in [1.29, 1.82) is 0 Å². The molecule has 17 heavy (non-hydrogen) atoms. The number of aliphatic hydroxyl groups is 1. The van der Waals surface area contributed by atoms with Crippen LogP contribution in [0.15, 0.2) is 12.7 Å². The molecule has 0 aliphatic heterocycles. The lowest BCUT2D eigenvalue weighted by molar-refractivity contribution is 0.226. The van der Waals surface area contributed by atoms with Crippen molar-refractivity contribution in [2.75, 3.05) is 12.3 Å². The summed E-state index contributed by atoms with van der Waals surface area (Å²) >= 11 is 0. The maximum Gasteiger partial charge on any atom is 0.165 e. The Morgan fingerprint density at radius 3 is 3.00 bits per heavy atom. The predicted octanol–water partition coefficient (Wildman–Crippen LogP) is 0.742. The molecule has 1 aliphatic carbocycles. The van der Waals surface area contributed by atoms with E-state index in [4.69, 9.17) is 10.8 Å². The quantitative estimate of drug-likeness (QED) is 0.798. The van der Waals surface area contributed by atoms with Crippen molar-refractivity contribution >= 4 is 17.0 Å². The summed E-state index contributed by atoms with van der Waals surface area (Å²) in [6, 6.07) is 0.367. The molecular formula is C11H15N5O. The zero-order chi connectivity index (χ0) is 11.8. The standard InChI is InChI=1S/C11H15N5O/c12-10-9-11(14-5-13-10)16(6-15-9)8-2-1-7(3-8)4-17/h5-8,17H,1-4H2,(H2,12,13,14)/t7-,8-/m0/s1. The normalized spacial score (nSPS) is 24.5. The highest BCUT2D eigenvalue weighted by Crippen LogP contribution is 2.35. The Balaban J connectivity index is 1.99. The number of nitrogens with zero attached hydrogens (tertiary/aromatic N) is 4. The molecule has 2 aromatic rings. The number of nitrogen functional groups attached to an aromatic ring is 1. The molecule has 0 spiro atoms. The maximum atomic E-state index is 9.17. The van der Waals surface area contributed by atoms with Crippen LogP contribution in [0.3, 0.4) is 0 Å². The van der Waals surface area contributed by atoms with Gasteiger partial charge in [-0.3, -0.25) is 0 Å². The van der Waals surface area contributed by atoms with E-state index in [0.717, 1.165) is 24.9 Å². The van der Waals surface area contributed by atoms with Crippen molar-refractivity contribution in [1.82, 2.24) is 19.5 Å². The van der Waals surface area contributed by atoms with Crippen LogP contribution < -0.4 is 5.73 Å². The summed E-state index contributed by atoms with van der Waals surface area (Å²) < 4.78 is 2.06. The van der Waals surface area contributed by atoms with E-state index < -0.39 is 0 Å². The van der Waals surface area contributed by atoms with Crippen molar-refractivity contribution in [3.05, 3.63) is 12.7 Å². The molecule has 1 saturated carbocycles. The molecular weight excluding hydrogens is 218 g/mol. The molecule has 1 aliphatic rings. The van der Waals surface area contributed by atoms with Crippen molar-refractivity contribution in [3.63, 3.8) is 0 Å². The number of nitrogens with two attached hydrogens (primary N) is 1. The molecule has 2 heterocycles. The fourth-order valence-electron chi connectivity index (χ4n) is 2.60. The van der Waals surface area contributed by atoms with Crippen molar-refractivity contribution < 1.29 is 5.11 Å². The van der Waals surface area contributed by atoms with E-state index in [1.165, 1.54) is 6.33 Å². The summed E-state index contributed by atoms with van der Waals surface area (Å²) in [6.07, 6.45) is 6.34. The molecule has 1 fully saturated rings. The second-order valence-corrected chi connectivity index (χ2v) is 4.60. The molecule has 0 aromatic carbocycles.